The van der Waals surface area contributed by atoms with Crippen LogP contribution in [0.15, 0.2) is 45.8 Å². The second-order valence-corrected chi connectivity index (χ2v) is 7.16. The molecular formula is C21H29F3IN3O3. The Morgan fingerprint density at radius 3 is 2.48 bits per heavy atom. The van der Waals surface area contributed by atoms with Crippen LogP contribution in [0.4, 0.5) is 13.2 Å². The van der Waals surface area contributed by atoms with E-state index in [-0.39, 0.29) is 37.1 Å². The molecule has 1 aromatic heterocycles. The number of aliphatic hydroxyl groups is 1. The molecule has 3 N–H and O–H groups in total. The van der Waals surface area contributed by atoms with Gasteiger partial charge in [0.1, 0.15) is 23.7 Å². The fourth-order valence-corrected chi connectivity index (χ4v) is 2.68. The Balaban J connectivity index is 0.00000480. The average molecular weight is 555 g/mol. The largest absolute Gasteiger partial charge is 0.463 e. The highest BCUT2D eigenvalue weighted by Crippen LogP contribution is 2.22. The summed E-state index contributed by atoms with van der Waals surface area (Å²) < 4.78 is 46.8. The van der Waals surface area contributed by atoms with Gasteiger partial charge in [0, 0.05) is 6.54 Å². The van der Waals surface area contributed by atoms with Gasteiger partial charge in [0.25, 0.3) is 0 Å². The summed E-state index contributed by atoms with van der Waals surface area (Å²) in [6.45, 7) is 5.08. The molecule has 0 spiro atoms. The number of nitrogens with zero attached hydrogens (tertiary/aromatic N) is 1. The molecule has 0 fully saturated rings. The number of nitrogens with one attached hydrogen (secondary N) is 2. The third-order valence-corrected chi connectivity index (χ3v) is 4.16. The predicted octanol–water partition coefficient (Wildman–Crippen LogP) is 4.25. The lowest BCUT2D eigenvalue weighted by atomic mass is 10.0. The Labute approximate surface area is 197 Å². The van der Waals surface area contributed by atoms with E-state index in [1.165, 1.54) is 0 Å². The Hall–Kier alpha value is -1.79. The van der Waals surface area contributed by atoms with Gasteiger partial charge in [0.2, 0.25) is 0 Å². The Bertz CT molecular complexity index is 839. The van der Waals surface area contributed by atoms with Crippen LogP contribution in [0.1, 0.15) is 36.5 Å². The van der Waals surface area contributed by atoms with Crippen LogP contribution in [0.2, 0.25) is 0 Å². The summed E-state index contributed by atoms with van der Waals surface area (Å²) in [4.78, 5) is 4.48. The Morgan fingerprint density at radius 2 is 1.87 bits per heavy atom. The highest BCUT2D eigenvalue weighted by molar-refractivity contribution is 14.0. The van der Waals surface area contributed by atoms with E-state index < -0.39 is 18.4 Å². The van der Waals surface area contributed by atoms with Crippen LogP contribution in [0, 0.1) is 6.92 Å². The number of alkyl halides is 3. The molecule has 31 heavy (non-hydrogen) atoms. The van der Waals surface area contributed by atoms with Crippen molar-refractivity contribution in [2.75, 3.05) is 19.7 Å². The van der Waals surface area contributed by atoms with E-state index in [1.807, 2.05) is 13.0 Å². The molecule has 2 rings (SSSR count). The van der Waals surface area contributed by atoms with Gasteiger partial charge >= 0.3 is 6.18 Å². The first kappa shape index (κ1) is 27.2. The van der Waals surface area contributed by atoms with Crippen molar-refractivity contribution < 1.29 is 27.4 Å². The fraction of sp³-hybridized carbons (Fsp3) is 0.476. The molecule has 0 saturated heterocycles. The summed E-state index contributed by atoms with van der Waals surface area (Å²) in [6, 6.07) is 10.6. The minimum absolute atomic E-state index is 0. The summed E-state index contributed by atoms with van der Waals surface area (Å²) in [5.74, 6) is 1.67. The van der Waals surface area contributed by atoms with Gasteiger partial charge in [-0.1, -0.05) is 24.3 Å². The number of benzene rings is 1. The number of hydrogen-bond acceptors (Lipinski definition) is 4. The van der Waals surface area contributed by atoms with Gasteiger partial charge in [0.05, 0.1) is 19.7 Å². The Kier molecular flexibility index (Phi) is 10.8. The van der Waals surface area contributed by atoms with E-state index in [9.17, 15) is 18.3 Å². The van der Waals surface area contributed by atoms with Crippen LogP contribution < -0.4 is 10.6 Å². The number of hydrogen-bond donors (Lipinski definition) is 3. The maximum atomic E-state index is 12.2. The zero-order valence-corrected chi connectivity index (χ0v) is 20.1. The molecule has 1 heterocycles. The minimum Gasteiger partial charge on any atom is -0.463 e. The number of aryl methyl sites for hydroxylation is 1. The number of aliphatic imine (C=N–C) groups is 1. The molecule has 0 saturated carbocycles. The lowest BCUT2D eigenvalue weighted by Crippen LogP contribution is -2.44. The van der Waals surface area contributed by atoms with Gasteiger partial charge in [-0.2, -0.15) is 13.2 Å². The summed E-state index contributed by atoms with van der Waals surface area (Å²) in [5, 5.41) is 16.8. The van der Waals surface area contributed by atoms with Crippen molar-refractivity contribution in [1.29, 1.82) is 0 Å². The van der Waals surface area contributed by atoms with Crippen LogP contribution in [0.3, 0.4) is 0 Å². The molecule has 0 amide bonds. The lowest BCUT2D eigenvalue weighted by molar-refractivity contribution is -0.176. The maximum Gasteiger partial charge on any atom is 0.411 e. The number of halogens is 4. The van der Waals surface area contributed by atoms with Crippen molar-refractivity contribution in [3.8, 4) is 0 Å². The molecule has 0 radical (unpaired) electrons. The summed E-state index contributed by atoms with van der Waals surface area (Å²) in [6.07, 6.45) is -4.34. The SMILES string of the molecule is CCNC(=NCc1cccc(COCC(F)(F)F)c1)NCC(C)(O)c1ccc(C)o1.I. The summed E-state index contributed by atoms with van der Waals surface area (Å²) in [5.41, 5.74) is 0.245. The molecule has 0 aliphatic rings. The summed E-state index contributed by atoms with van der Waals surface area (Å²) >= 11 is 0. The molecule has 0 bridgehead atoms. The molecule has 1 unspecified atom stereocenters. The lowest BCUT2D eigenvalue weighted by Gasteiger charge is -2.22. The van der Waals surface area contributed by atoms with Crippen molar-refractivity contribution in [1.82, 2.24) is 10.6 Å². The molecule has 1 aromatic carbocycles. The van der Waals surface area contributed by atoms with Crippen molar-refractivity contribution in [3.05, 3.63) is 59.0 Å². The molecule has 0 aliphatic carbocycles. The number of guanidine groups is 1. The average Bonchev–Trinajstić information content (AvgIpc) is 3.11. The van der Waals surface area contributed by atoms with E-state index >= 15 is 0 Å². The van der Waals surface area contributed by atoms with E-state index in [1.54, 1.807) is 44.2 Å². The van der Waals surface area contributed by atoms with Gasteiger partial charge in [-0.15, -0.1) is 24.0 Å². The monoisotopic (exact) mass is 555 g/mol. The number of furan rings is 1. The molecule has 1 atom stereocenters. The van der Waals surface area contributed by atoms with Crippen LogP contribution >= 0.6 is 24.0 Å². The predicted molar refractivity (Wildman–Crippen MR) is 123 cm³/mol. The topological polar surface area (TPSA) is 79.0 Å². The molecular weight excluding hydrogens is 526 g/mol. The van der Waals surface area contributed by atoms with Crippen molar-refractivity contribution in [3.63, 3.8) is 0 Å². The first-order valence-electron chi connectivity index (χ1n) is 9.63. The number of ether oxygens (including phenoxy) is 1. The molecule has 2 aromatic rings. The van der Waals surface area contributed by atoms with Gasteiger partial charge < -0.3 is 24.9 Å². The second kappa shape index (κ2) is 12.3. The zero-order valence-electron chi connectivity index (χ0n) is 17.8. The first-order chi connectivity index (χ1) is 14.1. The van der Waals surface area contributed by atoms with Gasteiger partial charge in [-0.25, -0.2) is 4.99 Å². The van der Waals surface area contributed by atoms with E-state index in [0.29, 0.717) is 36.1 Å². The van der Waals surface area contributed by atoms with Gasteiger partial charge in [0.15, 0.2) is 5.96 Å². The third-order valence-electron chi connectivity index (χ3n) is 4.16. The van der Waals surface area contributed by atoms with Crippen LogP contribution in [-0.4, -0.2) is 36.9 Å². The van der Waals surface area contributed by atoms with E-state index in [2.05, 4.69) is 15.6 Å². The Morgan fingerprint density at radius 1 is 1.16 bits per heavy atom. The minimum atomic E-state index is -4.34. The highest BCUT2D eigenvalue weighted by atomic mass is 127. The smallest absolute Gasteiger partial charge is 0.411 e. The van der Waals surface area contributed by atoms with Crippen LogP contribution in [0.25, 0.3) is 0 Å². The normalized spacial score (nSPS) is 14.0. The molecule has 6 nitrogen and oxygen atoms in total. The van der Waals surface area contributed by atoms with Crippen molar-refractivity contribution >= 4 is 29.9 Å². The zero-order chi connectivity index (χ0) is 22.2. The van der Waals surface area contributed by atoms with Gasteiger partial charge in [-0.3, -0.25) is 0 Å². The molecule has 0 aliphatic heterocycles. The van der Waals surface area contributed by atoms with Crippen LogP contribution in [0.5, 0.6) is 0 Å². The van der Waals surface area contributed by atoms with E-state index in [0.717, 1.165) is 5.56 Å². The van der Waals surface area contributed by atoms with Crippen molar-refractivity contribution in [2.24, 2.45) is 4.99 Å². The summed E-state index contributed by atoms with van der Waals surface area (Å²) in [7, 11) is 0. The van der Waals surface area contributed by atoms with Crippen LogP contribution in [-0.2, 0) is 23.5 Å². The quantitative estimate of drug-likeness (QED) is 0.245. The maximum absolute atomic E-state index is 12.2. The standard InChI is InChI=1S/C21H28F3N3O3.HI/c1-4-25-19(27-13-20(3,28)18-9-8-15(2)30-18)26-11-16-6-5-7-17(10-16)12-29-14-21(22,23)24;/h5-10,28H,4,11-14H2,1-3H3,(H2,25,26,27);1H. The molecule has 174 valence electrons. The number of rotatable bonds is 9. The van der Waals surface area contributed by atoms with Gasteiger partial charge in [-0.05, 0) is 44.0 Å². The van der Waals surface area contributed by atoms with E-state index in [4.69, 9.17) is 9.15 Å². The fourth-order valence-electron chi connectivity index (χ4n) is 2.68. The third kappa shape index (κ3) is 9.92. The first-order valence-corrected chi connectivity index (χ1v) is 9.63. The molecule has 10 heteroatoms. The second-order valence-electron chi connectivity index (χ2n) is 7.16. The van der Waals surface area contributed by atoms with Crippen molar-refractivity contribution in [2.45, 2.75) is 45.7 Å². The highest BCUT2D eigenvalue weighted by Gasteiger charge is 2.28.